The van der Waals surface area contributed by atoms with Crippen LogP contribution in [0.4, 0.5) is 0 Å². The zero-order valence-electron chi connectivity index (χ0n) is 13.6. The summed E-state index contributed by atoms with van der Waals surface area (Å²) in [6.45, 7) is 11.4. The molecule has 1 aliphatic rings. The van der Waals surface area contributed by atoms with Gasteiger partial charge in [-0.3, -0.25) is 10.1 Å². The highest BCUT2D eigenvalue weighted by atomic mass is 32.1. The summed E-state index contributed by atoms with van der Waals surface area (Å²) in [7, 11) is 0. The Morgan fingerprint density at radius 1 is 1.48 bits per heavy atom. The van der Waals surface area contributed by atoms with Crippen molar-refractivity contribution in [1.29, 1.82) is 0 Å². The van der Waals surface area contributed by atoms with Crippen molar-refractivity contribution in [3.05, 3.63) is 21.9 Å². The van der Waals surface area contributed by atoms with Crippen molar-refractivity contribution in [2.75, 3.05) is 13.2 Å². The van der Waals surface area contributed by atoms with E-state index in [9.17, 15) is 4.79 Å². The van der Waals surface area contributed by atoms with E-state index in [1.165, 1.54) is 9.75 Å². The van der Waals surface area contributed by atoms with E-state index in [2.05, 4.69) is 31.3 Å². The molecule has 2 atom stereocenters. The van der Waals surface area contributed by atoms with E-state index in [4.69, 9.17) is 4.74 Å². The summed E-state index contributed by atoms with van der Waals surface area (Å²) in [6.07, 6.45) is 0.946. The van der Waals surface area contributed by atoms with Crippen LogP contribution in [0, 0.1) is 6.92 Å². The van der Waals surface area contributed by atoms with Gasteiger partial charge in [-0.15, -0.1) is 11.3 Å². The van der Waals surface area contributed by atoms with E-state index >= 15 is 0 Å². The van der Waals surface area contributed by atoms with Crippen LogP contribution >= 0.6 is 11.3 Å². The Morgan fingerprint density at radius 2 is 2.19 bits per heavy atom. The lowest BCUT2D eigenvalue weighted by Crippen LogP contribution is -2.43. The molecule has 1 aromatic heterocycles. The summed E-state index contributed by atoms with van der Waals surface area (Å²) in [4.78, 5) is 17.1. The van der Waals surface area contributed by atoms with Crippen LogP contribution in [0.3, 0.4) is 0 Å². The summed E-state index contributed by atoms with van der Waals surface area (Å²) in [5, 5.41) is 3.52. The molecule has 1 aromatic rings. The average Bonchev–Trinajstić information content (AvgIpc) is 2.95. The number of carbonyl (C=O) groups excluding carboxylic acids is 1. The lowest BCUT2D eigenvalue weighted by atomic mass is 9.99. The van der Waals surface area contributed by atoms with Crippen molar-refractivity contribution < 1.29 is 9.53 Å². The molecule has 0 bridgehead atoms. The fraction of sp³-hybridized carbons (Fsp3) is 0.688. The lowest BCUT2D eigenvalue weighted by molar-refractivity contribution is -0.133. The summed E-state index contributed by atoms with van der Waals surface area (Å²) in [6, 6.07) is 4.22. The largest absolute Gasteiger partial charge is 0.377 e. The Balaban J connectivity index is 2.17. The molecule has 0 aliphatic carbocycles. The molecule has 21 heavy (non-hydrogen) atoms. The number of nitrogens with zero attached hydrogens (tertiary/aromatic N) is 1. The van der Waals surface area contributed by atoms with Gasteiger partial charge in [-0.25, -0.2) is 0 Å². The molecule has 0 spiro atoms. The Bertz CT molecular complexity index is 500. The van der Waals surface area contributed by atoms with Gasteiger partial charge in [0.05, 0.1) is 18.2 Å². The normalized spacial score (nSPS) is 26.1. The minimum absolute atomic E-state index is 0.0306. The number of nitrogens with one attached hydrogen (secondary N) is 1. The van der Waals surface area contributed by atoms with Gasteiger partial charge >= 0.3 is 0 Å². The van der Waals surface area contributed by atoms with Crippen molar-refractivity contribution in [1.82, 2.24) is 10.2 Å². The van der Waals surface area contributed by atoms with E-state index in [1.807, 2.05) is 25.7 Å². The molecule has 4 nitrogen and oxygen atoms in total. The van der Waals surface area contributed by atoms with Crippen molar-refractivity contribution in [2.24, 2.45) is 0 Å². The number of ether oxygens (including phenoxy) is 1. The van der Waals surface area contributed by atoms with Gasteiger partial charge in [0.2, 0.25) is 5.91 Å². The average molecular weight is 310 g/mol. The first-order chi connectivity index (χ1) is 9.87. The van der Waals surface area contributed by atoms with Crippen LogP contribution in [-0.2, 0) is 9.53 Å². The zero-order valence-corrected chi connectivity index (χ0v) is 14.4. The molecule has 0 saturated carbocycles. The van der Waals surface area contributed by atoms with E-state index < -0.39 is 5.54 Å². The van der Waals surface area contributed by atoms with E-state index in [0.717, 1.165) is 6.42 Å². The van der Waals surface area contributed by atoms with Gasteiger partial charge in [0.25, 0.3) is 0 Å². The quantitative estimate of drug-likeness (QED) is 0.878. The summed E-state index contributed by atoms with van der Waals surface area (Å²) >= 11 is 1.74. The van der Waals surface area contributed by atoms with Gasteiger partial charge in [-0.05, 0) is 46.2 Å². The highest BCUT2D eigenvalue weighted by Crippen LogP contribution is 2.35. The van der Waals surface area contributed by atoms with Gasteiger partial charge < -0.3 is 9.64 Å². The van der Waals surface area contributed by atoms with Crippen molar-refractivity contribution in [3.63, 3.8) is 0 Å². The van der Waals surface area contributed by atoms with Crippen molar-refractivity contribution in [2.45, 2.75) is 58.8 Å². The van der Waals surface area contributed by atoms with Crippen molar-refractivity contribution in [3.8, 4) is 0 Å². The number of hydrogen-bond donors (Lipinski definition) is 1. The highest BCUT2D eigenvalue weighted by Gasteiger charge is 2.47. The van der Waals surface area contributed by atoms with Crippen LogP contribution in [0.25, 0.3) is 0 Å². The SMILES string of the molecule is CCC1(C)NC(c2ccc(C)s2)N(CCOC(C)C)C1=O. The van der Waals surface area contributed by atoms with Gasteiger partial charge in [0, 0.05) is 16.3 Å². The molecular formula is C16H26N2O2S. The van der Waals surface area contributed by atoms with Crippen LogP contribution < -0.4 is 5.32 Å². The number of thiophene rings is 1. The molecule has 5 heteroatoms. The second-order valence-corrected chi connectivity index (χ2v) is 7.42. The van der Waals surface area contributed by atoms with E-state index in [0.29, 0.717) is 13.2 Å². The molecule has 0 radical (unpaired) electrons. The monoisotopic (exact) mass is 310 g/mol. The first kappa shape index (κ1) is 16.5. The zero-order chi connectivity index (χ0) is 15.6. The topological polar surface area (TPSA) is 41.6 Å². The molecular weight excluding hydrogens is 284 g/mol. The molecule has 1 N–H and O–H groups in total. The fourth-order valence-electron chi connectivity index (χ4n) is 2.57. The first-order valence-electron chi connectivity index (χ1n) is 7.64. The molecule has 1 saturated heterocycles. The number of carbonyl (C=O) groups is 1. The maximum absolute atomic E-state index is 12.7. The third-order valence-corrected chi connectivity index (χ3v) is 5.07. The van der Waals surface area contributed by atoms with Gasteiger partial charge in [0.15, 0.2) is 0 Å². The third-order valence-electron chi connectivity index (χ3n) is 4.02. The van der Waals surface area contributed by atoms with E-state index in [1.54, 1.807) is 11.3 Å². The molecule has 118 valence electrons. The van der Waals surface area contributed by atoms with Crippen LogP contribution in [0.1, 0.15) is 50.0 Å². The summed E-state index contributed by atoms with van der Waals surface area (Å²) in [5.74, 6) is 0.174. The molecule has 1 fully saturated rings. The van der Waals surface area contributed by atoms with Gasteiger partial charge in [0.1, 0.15) is 6.17 Å². The van der Waals surface area contributed by atoms with Gasteiger partial charge in [-0.2, -0.15) is 0 Å². The number of amides is 1. The Labute approximate surface area is 131 Å². The van der Waals surface area contributed by atoms with Crippen molar-refractivity contribution >= 4 is 17.2 Å². The second kappa shape index (κ2) is 6.46. The Morgan fingerprint density at radius 3 is 2.71 bits per heavy atom. The first-order valence-corrected chi connectivity index (χ1v) is 8.45. The lowest BCUT2D eigenvalue weighted by Gasteiger charge is -2.23. The predicted octanol–water partition coefficient (Wildman–Crippen LogP) is 3.08. The molecule has 0 aromatic carbocycles. The second-order valence-electron chi connectivity index (χ2n) is 6.10. The van der Waals surface area contributed by atoms with Crippen LogP contribution in [-0.4, -0.2) is 35.6 Å². The van der Waals surface area contributed by atoms with Crippen LogP contribution in [0.15, 0.2) is 12.1 Å². The Hall–Kier alpha value is -0.910. The highest BCUT2D eigenvalue weighted by molar-refractivity contribution is 7.12. The van der Waals surface area contributed by atoms with Crippen LogP contribution in [0.2, 0.25) is 0 Å². The van der Waals surface area contributed by atoms with Gasteiger partial charge in [-0.1, -0.05) is 6.92 Å². The molecule has 2 heterocycles. The smallest absolute Gasteiger partial charge is 0.244 e. The maximum atomic E-state index is 12.7. The van der Waals surface area contributed by atoms with E-state index in [-0.39, 0.29) is 18.2 Å². The number of rotatable bonds is 6. The Kier molecular flexibility index (Phi) is 5.07. The summed E-state index contributed by atoms with van der Waals surface area (Å²) < 4.78 is 5.63. The molecule has 1 amide bonds. The summed E-state index contributed by atoms with van der Waals surface area (Å²) in [5.41, 5.74) is -0.472. The fourth-order valence-corrected chi connectivity index (χ4v) is 3.51. The molecule has 2 rings (SSSR count). The standard InChI is InChI=1S/C16H26N2O2S/c1-6-16(5)15(19)18(9-10-20-11(2)3)14(17-16)13-8-7-12(4)21-13/h7-8,11,14,17H,6,9-10H2,1-5H3. The number of aryl methyl sites for hydroxylation is 1. The third kappa shape index (κ3) is 3.47. The maximum Gasteiger partial charge on any atom is 0.244 e. The minimum atomic E-state index is -0.472. The predicted molar refractivity (Wildman–Crippen MR) is 86.4 cm³/mol. The van der Waals surface area contributed by atoms with Crippen LogP contribution in [0.5, 0.6) is 0 Å². The number of hydrogen-bond acceptors (Lipinski definition) is 4. The molecule has 1 aliphatic heterocycles. The molecule has 2 unspecified atom stereocenters. The minimum Gasteiger partial charge on any atom is -0.377 e.